The molecule has 0 atom stereocenters. The largest absolute Gasteiger partial charge is 0.469 e. The molecule has 0 unspecified atom stereocenters. The van der Waals surface area contributed by atoms with E-state index in [0.717, 1.165) is 29.9 Å². The van der Waals surface area contributed by atoms with Crippen LogP contribution >= 0.6 is 0 Å². The van der Waals surface area contributed by atoms with Crippen LogP contribution in [-0.2, 0) is 30.4 Å². The van der Waals surface area contributed by atoms with E-state index in [1.54, 1.807) is 4.90 Å². The second-order valence-corrected chi connectivity index (χ2v) is 7.40. The first kappa shape index (κ1) is 23.2. The topological polar surface area (TPSA) is 102 Å². The standard InChI is InChI=1S/C22H29N3O5/c1-5-8-25-15(2)11-18(16(25)3)12-19(13-23)22(28)30-14-20(26)24-9-6-17(7-10-24)21(27)29-4/h11-12,17H,5-10,14H2,1-4H3/b19-12+. The monoisotopic (exact) mass is 415 g/mol. The van der Waals surface area contributed by atoms with E-state index in [0.29, 0.717) is 25.9 Å². The van der Waals surface area contributed by atoms with Crippen molar-refractivity contribution < 1.29 is 23.9 Å². The Bertz CT molecular complexity index is 870. The zero-order valence-electron chi connectivity index (χ0n) is 18.1. The highest BCUT2D eigenvalue weighted by atomic mass is 16.5. The number of amides is 1. The van der Waals surface area contributed by atoms with E-state index in [1.807, 2.05) is 26.0 Å². The summed E-state index contributed by atoms with van der Waals surface area (Å²) in [5.41, 5.74) is 2.66. The number of likely N-dealkylation sites (tertiary alicyclic amines) is 1. The lowest BCUT2D eigenvalue weighted by molar-refractivity contribution is -0.152. The number of ether oxygens (including phenoxy) is 2. The molecule has 0 saturated carbocycles. The summed E-state index contributed by atoms with van der Waals surface area (Å²) >= 11 is 0. The fraction of sp³-hybridized carbons (Fsp3) is 0.545. The minimum absolute atomic E-state index is 0.149. The number of nitriles is 1. The Morgan fingerprint density at radius 1 is 1.27 bits per heavy atom. The van der Waals surface area contributed by atoms with Gasteiger partial charge in [-0.1, -0.05) is 6.92 Å². The summed E-state index contributed by atoms with van der Waals surface area (Å²) in [4.78, 5) is 37.8. The van der Waals surface area contributed by atoms with Gasteiger partial charge in [0.05, 0.1) is 13.0 Å². The van der Waals surface area contributed by atoms with Gasteiger partial charge in [-0.3, -0.25) is 9.59 Å². The number of aryl methyl sites for hydroxylation is 1. The van der Waals surface area contributed by atoms with Crippen LogP contribution in [-0.4, -0.2) is 54.1 Å². The van der Waals surface area contributed by atoms with Gasteiger partial charge in [0.25, 0.3) is 5.91 Å². The van der Waals surface area contributed by atoms with E-state index in [9.17, 15) is 19.6 Å². The molecule has 0 spiro atoms. The maximum absolute atomic E-state index is 12.3. The lowest BCUT2D eigenvalue weighted by Gasteiger charge is -2.30. The molecular formula is C22H29N3O5. The van der Waals surface area contributed by atoms with Gasteiger partial charge in [-0.15, -0.1) is 0 Å². The SMILES string of the molecule is CCCn1c(C)cc(/C=C(\C#N)C(=O)OCC(=O)N2CCC(C(=O)OC)CC2)c1C. The third kappa shape index (κ3) is 5.50. The molecule has 1 aromatic heterocycles. The molecule has 1 aromatic rings. The summed E-state index contributed by atoms with van der Waals surface area (Å²) in [6.07, 6.45) is 3.51. The number of carbonyl (C=O) groups excluding carboxylic acids is 3. The second-order valence-electron chi connectivity index (χ2n) is 7.40. The molecule has 1 amide bonds. The van der Waals surface area contributed by atoms with Crippen molar-refractivity contribution in [2.45, 2.75) is 46.6 Å². The molecule has 8 heteroatoms. The first-order chi connectivity index (χ1) is 14.3. The van der Waals surface area contributed by atoms with E-state index in [4.69, 9.17) is 9.47 Å². The molecule has 162 valence electrons. The van der Waals surface area contributed by atoms with Crippen LogP contribution in [0.25, 0.3) is 6.08 Å². The van der Waals surface area contributed by atoms with Gasteiger partial charge in [-0.2, -0.15) is 5.26 Å². The molecule has 0 aliphatic carbocycles. The number of hydrogen-bond donors (Lipinski definition) is 0. The van der Waals surface area contributed by atoms with Crippen LogP contribution in [0.2, 0.25) is 0 Å². The van der Waals surface area contributed by atoms with Crippen molar-refractivity contribution in [3.05, 3.63) is 28.6 Å². The number of carbonyl (C=O) groups is 3. The molecule has 2 heterocycles. The fourth-order valence-corrected chi connectivity index (χ4v) is 3.66. The van der Waals surface area contributed by atoms with Gasteiger partial charge in [0.2, 0.25) is 0 Å². The average molecular weight is 415 g/mol. The molecule has 1 saturated heterocycles. The van der Waals surface area contributed by atoms with E-state index >= 15 is 0 Å². The van der Waals surface area contributed by atoms with Gasteiger partial charge in [-0.25, -0.2) is 4.79 Å². The van der Waals surface area contributed by atoms with Crippen molar-refractivity contribution in [1.82, 2.24) is 9.47 Å². The Balaban J connectivity index is 1.96. The van der Waals surface area contributed by atoms with Crippen LogP contribution in [0.1, 0.15) is 43.1 Å². The first-order valence-corrected chi connectivity index (χ1v) is 10.1. The molecule has 1 fully saturated rings. The molecule has 30 heavy (non-hydrogen) atoms. The van der Waals surface area contributed by atoms with Crippen molar-refractivity contribution >= 4 is 23.9 Å². The molecule has 0 bridgehead atoms. The maximum Gasteiger partial charge on any atom is 0.349 e. The van der Waals surface area contributed by atoms with Crippen molar-refractivity contribution in [2.75, 3.05) is 26.8 Å². The van der Waals surface area contributed by atoms with Crippen LogP contribution in [0.15, 0.2) is 11.6 Å². The number of nitrogens with zero attached hydrogens (tertiary/aromatic N) is 3. The second kappa shape index (κ2) is 10.6. The molecule has 0 radical (unpaired) electrons. The first-order valence-electron chi connectivity index (χ1n) is 10.1. The van der Waals surface area contributed by atoms with E-state index in [1.165, 1.54) is 13.2 Å². The maximum atomic E-state index is 12.3. The summed E-state index contributed by atoms with van der Waals surface area (Å²) in [5, 5.41) is 9.38. The molecule has 1 aliphatic heterocycles. The van der Waals surface area contributed by atoms with Gasteiger partial charge in [0, 0.05) is 31.0 Å². The molecular weight excluding hydrogens is 386 g/mol. The average Bonchev–Trinajstić information content (AvgIpc) is 3.02. The predicted octanol–water partition coefficient (Wildman–Crippen LogP) is 2.38. The normalized spacial score (nSPS) is 14.9. The highest BCUT2D eigenvalue weighted by Gasteiger charge is 2.28. The number of esters is 2. The third-order valence-electron chi connectivity index (χ3n) is 5.41. The minimum atomic E-state index is -0.824. The summed E-state index contributed by atoms with van der Waals surface area (Å²) < 4.78 is 11.9. The van der Waals surface area contributed by atoms with Crippen molar-refractivity contribution in [3.8, 4) is 6.07 Å². The number of piperidine rings is 1. The molecule has 0 N–H and O–H groups in total. The number of rotatable bonds is 7. The Hall–Kier alpha value is -3.08. The van der Waals surface area contributed by atoms with Gasteiger partial charge >= 0.3 is 11.9 Å². The lowest BCUT2D eigenvalue weighted by Crippen LogP contribution is -2.42. The Morgan fingerprint density at radius 2 is 1.93 bits per heavy atom. The Kier molecular flexibility index (Phi) is 8.22. The quantitative estimate of drug-likeness (QED) is 0.385. The Labute approximate surface area is 177 Å². The van der Waals surface area contributed by atoms with Crippen molar-refractivity contribution in [3.63, 3.8) is 0 Å². The summed E-state index contributed by atoms with van der Waals surface area (Å²) in [5.74, 6) is -1.64. The summed E-state index contributed by atoms with van der Waals surface area (Å²) in [7, 11) is 1.35. The van der Waals surface area contributed by atoms with Gasteiger partial charge in [0.1, 0.15) is 11.6 Å². The number of hydrogen-bond acceptors (Lipinski definition) is 6. The van der Waals surface area contributed by atoms with Crippen LogP contribution in [0, 0.1) is 31.1 Å². The van der Waals surface area contributed by atoms with Crippen molar-refractivity contribution in [1.29, 1.82) is 5.26 Å². The zero-order chi connectivity index (χ0) is 22.3. The van der Waals surface area contributed by atoms with Crippen LogP contribution in [0.5, 0.6) is 0 Å². The molecule has 8 nitrogen and oxygen atoms in total. The van der Waals surface area contributed by atoms with Gasteiger partial charge in [-0.05, 0) is 50.8 Å². The summed E-state index contributed by atoms with van der Waals surface area (Å²) in [6.45, 7) is 7.24. The summed E-state index contributed by atoms with van der Waals surface area (Å²) in [6, 6.07) is 3.79. The smallest absolute Gasteiger partial charge is 0.349 e. The highest BCUT2D eigenvalue weighted by Crippen LogP contribution is 2.20. The fourth-order valence-electron chi connectivity index (χ4n) is 3.66. The number of methoxy groups -OCH3 is 1. The predicted molar refractivity (Wildman–Crippen MR) is 110 cm³/mol. The lowest BCUT2D eigenvalue weighted by atomic mass is 9.97. The minimum Gasteiger partial charge on any atom is -0.469 e. The van der Waals surface area contributed by atoms with Crippen LogP contribution < -0.4 is 0 Å². The molecule has 1 aliphatic rings. The van der Waals surface area contributed by atoms with Gasteiger partial charge < -0.3 is 18.9 Å². The van der Waals surface area contributed by atoms with Crippen molar-refractivity contribution in [2.24, 2.45) is 5.92 Å². The van der Waals surface area contributed by atoms with E-state index < -0.39 is 12.6 Å². The third-order valence-corrected chi connectivity index (χ3v) is 5.41. The number of aromatic nitrogens is 1. The molecule has 0 aromatic carbocycles. The highest BCUT2D eigenvalue weighted by molar-refractivity contribution is 5.99. The zero-order valence-corrected chi connectivity index (χ0v) is 18.1. The van der Waals surface area contributed by atoms with Crippen LogP contribution in [0.4, 0.5) is 0 Å². The van der Waals surface area contributed by atoms with E-state index in [-0.39, 0.29) is 23.4 Å². The van der Waals surface area contributed by atoms with Gasteiger partial charge in [0.15, 0.2) is 6.61 Å². The molecule has 2 rings (SSSR count). The van der Waals surface area contributed by atoms with E-state index in [2.05, 4.69) is 11.5 Å². The Morgan fingerprint density at radius 3 is 2.50 bits per heavy atom. The van der Waals surface area contributed by atoms with Crippen LogP contribution in [0.3, 0.4) is 0 Å².